The molecule has 0 aliphatic heterocycles. The van der Waals surface area contributed by atoms with E-state index in [0.29, 0.717) is 11.6 Å². The quantitative estimate of drug-likeness (QED) is 0.689. The Balaban J connectivity index is 1.89. The van der Waals surface area contributed by atoms with E-state index >= 15 is 0 Å². The maximum absolute atomic E-state index is 11.5. The lowest BCUT2D eigenvalue weighted by Gasteiger charge is -2.10. The van der Waals surface area contributed by atoms with Crippen LogP contribution < -0.4 is 9.47 Å². The van der Waals surface area contributed by atoms with E-state index in [0.717, 1.165) is 6.26 Å². The zero-order chi connectivity index (χ0) is 19.4. The number of rotatable bonds is 6. The van der Waals surface area contributed by atoms with Crippen molar-refractivity contribution in [1.29, 1.82) is 0 Å². The van der Waals surface area contributed by atoms with Gasteiger partial charge in [0, 0.05) is 24.6 Å². The van der Waals surface area contributed by atoms with Crippen LogP contribution in [0.3, 0.4) is 0 Å². The molecule has 0 aliphatic rings. The molecule has 3 rings (SSSR count). The number of hydrogen-bond acceptors (Lipinski definition) is 6. The molecule has 8 heteroatoms. The lowest BCUT2D eigenvalue weighted by Crippen LogP contribution is -1.99. The van der Waals surface area contributed by atoms with Crippen molar-refractivity contribution >= 4 is 15.8 Å². The van der Waals surface area contributed by atoms with Crippen LogP contribution in [0.25, 0.3) is 0 Å². The Bertz CT molecular complexity index is 1060. The zero-order valence-electron chi connectivity index (χ0n) is 14.2. The number of aromatic nitrogens is 1. The van der Waals surface area contributed by atoms with Gasteiger partial charge in [0.2, 0.25) is 5.88 Å². The SMILES string of the molecule is CS(=O)(=O)c1ccc(Oc2cc(Oc3ccccn3)cc(C(=O)O)c2)cc1. The molecule has 7 nitrogen and oxygen atoms in total. The molecule has 0 radical (unpaired) electrons. The third-order valence-electron chi connectivity index (χ3n) is 3.47. The van der Waals surface area contributed by atoms with Gasteiger partial charge < -0.3 is 14.6 Å². The van der Waals surface area contributed by atoms with Crippen LogP contribution in [0, 0.1) is 0 Å². The van der Waals surface area contributed by atoms with E-state index in [1.54, 1.807) is 24.4 Å². The van der Waals surface area contributed by atoms with Crippen molar-refractivity contribution in [3.8, 4) is 23.1 Å². The molecule has 27 heavy (non-hydrogen) atoms. The first kappa shape index (κ1) is 18.4. The topological polar surface area (TPSA) is 103 Å². The van der Waals surface area contributed by atoms with Crippen LogP contribution in [0.15, 0.2) is 71.8 Å². The number of carboxylic acid groups (broad SMARTS) is 1. The Labute approximate surface area is 155 Å². The highest BCUT2D eigenvalue weighted by Gasteiger charge is 2.12. The maximum Gasteiger partial charge on any atom is 0.335 e. The number of benzene rings is 2. The Morgan fingerprint density at radius 3 is 2.15 bits per heavy atom. The molecule has 0 saturated carbocycles. The summed E-state index contributed by atoms with van der Waals surface area (Å²) in [5.41, 5.74) is -0.0220. The molecule has 0 atom stereocenters. The molecule has 1 aromatic heterocycles. The molecular formula is C19H15NO6S. The Morgan fingerprint density at radius 1 is 0.926 bits per heavy atom. The number of hydrogen-bond donors (Lipinski definition) is 1. The fraction of sp³-hybridized carbons (Fsp3) is 0.0526. The first-order valence-electron chi connectivity index (χ1n) is 7.76. The molecule has 3 aromatic rings. The second kappa shape index (κ2) is 7.46. The van der Waals surface area contributed by atoms with E-state index in [9.17, 15) is 18.3 Å². The second-order valence-corrected chi connectivity index (χ2v) is 7.63. The van der Waals surface area contributed by atoms with Crippen LogP contribution in [-0.4, -0.2) is 30.7 Å². The van der Waals surface area contributed by atoms with Crippen molar-refractivity contribution in [2.45, 2.75) is 4.90 Å². The summed E-state index contributed by atoms with van der Waals surface area (Å²) in [6.07, 6.45) is 2.66. The van der Waals surface area contributed by atoms with E-state index in [1.807, 2.05) is 0 Å². The normalized spacial score (nSPS) is 11.0. The lowest BCUT2D eigenvalue weighted by molar-refractivity contribution is 0.0696. The largest absolute Gasteiger partial charge is 0.478 e. The smallest absolute Gasteiger partial charge is 0.335 e. The van der Waals surface area contributed by atoms with Crippen LogP contribution in [0.2, 0.25) is 0 Å². The van der Waals surface area contributed by atoms with Crippen LogP contribution >= 0.6 is 0 Å². The van der Waals surface area contributed by atoms with Gasteiger partial charge in [-0.1, -0.05) is 6.07 Å². The minimum atomic E-state index is -3.31. The van der Waals surface area contributed by atoms with Gasteiger partial charge in [-0.3, -0.25) is 0 Å². The number of carboxylic acids is 1. The van der Waals surface area contributed by atoms with Crippen molar-refractivity contribution in [2.75, 3.05) is 6.26 Å². The summed E-state index contributed by atoms with van der Waals surface area (Å²) in [4.78, 5) is 15.6. The number of nitrogens with zero attached hydrogens (tertiary/aromatic N) is 1. The van der Waals surface area contributed by atoms with E-state index in [2.05, 4.69) is 4.98 Å². The van der Waals surface area contributed by atoms with Gasteiger partial charge in [0.1, 0.15) is 17.2 Å². The van der Waals surface area contributed by atoms with Gasteiger partial charge in [0.25, 0.3) is 0 Å². The molecule has 0 saturated heterocycles. The lowest BCUT2D eigenvalue weighted by atomic mass is 10.2. The average Bonchev–Trinajstić information content (AvgIpc) is 2.62. The fourth-order valence-corrected chi connectivity index (χ4v) is 2.86. The predicted molar refractivity (Wildman–Crippen MR) is 97.3 cm³/mol. The first-order chi connectivity index (χ1) is 12.8. The summed E-state index contributed by atoms with van der Waals surface area (Å²) in [5, 5.41) is 9.30. The van der Waals surface area contributed by atoms with Gasteiger partial charge in [-0.05, 0) is 42.5 Å². The standard InChI is InChI=1S/C19H15NO6S/c1-27(23,24)17-7-5-14(6-8-17)25-15-10-13(19(21)22)11-16(12-15)26-18-4-2-3-9-20-18/h2-12H,1H3,(H,21,22). The monoisotopic (exact) mass is 385 g/mol. The molecular weight excluding hydrogens is 370 g/mol. The first-order valence-corrected chi connectivity index (χ1v) is 9.66. The Morgan fingerprint density at radius 2 is 1.59 bits per heavy atom. The van der Waals surface area contributed by atoms with Crippen LogP contribution in [0.1, 0.15) is 10.4 Å². The molecule has 1 heterocycles. The zero-order valence-corrected chi connectivity index (χ0v) is 15.0. The summed E-state index contributed by atoms with van der Waals surface area (Å²) in [6.45, 7) is 0. The molecule has 2 aromatic carbocycles. The molecule has 0 aliphatic carbocycles. The Hall–Kier alpha value is -3.39. The van der Waals surface area contributed by atoms with E-state index in [-0.39, 0.29) is 22.0 Å². The van der Waals surface area contributed by atoms with Crippen molar-refractivity contribution < 1.29 is 27.8 Å². The predicted octanol–water partition coefficient (Wildman–Crippen LogP) is 3.77. The molecule has 0 spiro atoms. The Kier molecular flexibility index (Phi) is 5.09. The molecule has 0 fully saturated rings. The fourth-order valence-electron chi connectivity index (χ4n) is 2.23. The summed E-state index contributed by atoms with van der Waals surface area (Å²) in [7, 11) is -3.31. The summed E-state index contributed by atoms with van der Waals surface area (Å²) in [5.74, 6) is 0.000238. The van der Waals surface area contributed by atoms with Crippen molar-refractivity contribution in [3.63, 3.8) is 0 Å². The maximum atomic E-state index is 11.5. The van der Waals surface area contributed by atoms with Crippen molar-refractivity contribution in [2.24, 2.45) is 0 Å². The molecule has 138 valence electrons. The minimum absolute atomic E-state index is 0.0220. The van der Waals surface area contributed by atoms with E-state index in [4.69, 9.17) is 9.47 Å². The van der Waals surface area contributed by atoms with Gasteiger partial charge in [0.15, 0.2) is 9.84 Å². The number of sulfone groups is 1. The summed E-state index contributed by atoms with van der Waals surface area (Å²) in [6, 6.07) is 15.1. The molecule has 0 bridgehead atoms. The van der Waals surface area contributed by atoms with E-state index in [1.165, 1.54) is 42.5 Å². The summed E-state index contributed by atoms with van der Waals surface area (Å²) >= 11 is 0. The molecule has 1 N–H and O–H groups in total. The minimum Gasteiger partial charge on any atom is -0.478 e. The van der Waals surface area contributed by atoms with Crippen LogP contribution in [0.5, 0.6) is 23.1 Å². The second-order valence-electron chi connectivity index (χ2n) is 5.61. The molecule has 0 amide bonds. The number of ether oxygens (including phenoxy) is 2. The van der Waals surface area contributed by atoms with Crippen LogP contribution in [0.4, 0.5) is 0 Å². The third kappa shape index (κ3) is 4.83. The summed E-state index contributed by atoms with van der Waals surface area (Å²) < 4.78 is 34.3. The van der Waals surface area contributed by atoms with Gasteiger partial charge in [-0.15, -0.1) is 0 Å². The van der Waals surface area contributed by atoms with Gasteiger partial charge in [-0.25, -0.2) is 18.2 Å². The average molecular weight is 385 g/mol. The third-order valence-corrected chi connectivity index (χ3v) is 4.60. The highest BCUT2D eigenvalue weighted by atomic mass is 32.2. The number of carbonyl (C=O) groups is 1. The number of aromatic carboxylic acids is 1. The van der Waals surface area contributed by atoms with E-state index < -0.39 is 15.8 Å². The van der Waals surface area contributed by atoms with Crippen molar-refractivity contribution in [3.05, 3.63) is 72.4 Å². The highest BCUT2D eigenvalue weighted by molar-refractivity contribution is 7.90. The number of pyridine rings is 1. The van der Waals surface area contributed by atoms with Crippen molar-refractivity contribution in [1.82, 2.24) is 4.98 Å². The van der Waals surface area contributed by atoms with Gasteiger partial charge in [-0.2, -0.15) is 0 Å². The highest BCUT2D eigenvalue weighted by Crippen LogP contribution is 2.30. The van der Waals surface area contributed by atoms with Gasteiger partial charge in [0.05, 0.1) is 10.5 Å². The molecule has 0 unspecified atom stereocenters. The van der Waals surface area contributed by atoms with Gasteiger partial charge >= 0.3 is 5.97 Å². The van der Waals surface area contributed by atoms with Crippen LogP contribution in [-0.2, 0) is 9.84 Å².